The van der Waals surface area contributed by atoms with Gasteiger partial charge in [0.05, 0.1) is 14.2 Å². The summed E-state index contributed by atoms with van der Waals surface area (Å²) in [7, 11) is -0.877. The molecule has 0 aliphatic rings. The number of benzene rings is 2. The Kier molecular flexibility index (Phi) is 5.23. The topological polar surface area (TPSA) is 64.6 Å². The molecule has 2 aromatic rings. The molecule has 1 N–H and O–H groups in total. The van der Waals surface area contributed by atoms with E-state index < -0.39 is 10.0 Å². The molecule has 2 rings (SSSR count). The van der Waals surface area contributed by atoms with E-state index in [1.807, 2.05) is 0 Å². The van der Waals surface area contributed by atoms with Gasteiger partial charge in [-0.15, -0.1) is 0 Å². The van der Waals surface area contributed by atoms with Crippen molar-refractivity contribution in [1.82, 2.24) is 4.72 Å². The van der Waals surface area contributed by atoms with Crippen molar-refractivity contribution in [3.63, 3.8) is 0 Å². The minimum Gasteiger partial charge on any atom is -0.496 e. The van der Waals surface area contributed by atoms with Crippen LogP contribution in [0.25, 0.3) is 0 Å². The second kappa shape index (κ2) is 6.97. The standard InChI is InChI=1S/C16H18FNO4S/c1-11-14(21-2)8-9-15(16(11)22-3)23(19,20)18-10-12-4-6-13(17)7-5-12/h4-9,18H,10H2,1-3H3. The van der Waals surface area contributed by atoms with Gasteiger partial charge in [-0.1, -0.05) is 12.1 Å². The Hall–Kier alpha value is -2.12. The molecule has 0 aliphatic carbocycles. The van der Waals surface area contributed by atoms with Gasteiger partial charge in [-0.2, -0.15) is 0 Å². The van der Waals surface area contributed by atoms with Crippen molar-refractivity contribution in [2.24, 2.45) is 0 Å². The van der Waals surface area contributed by atoms with E-state index in [9.17, 15) is 12.8 Å². The molecule has 23 heavy (non-hydrogen) atoms. The zero-order valence-corrected chi connectivity index (χ0v) is 13.9. The third-order valence-electron chi connectivity index (χ3n) is 3.41. The summed E-state index contributed by atoms with van der Waals surface area (Å²) in [6.07, 6.45) is 0. The van der Waals surface area contributed by atoms with Crippen LogP contribution in [0.3, 0.4) is 0 Å². The number of halogens is 1. The van der Waals surface area contributed by atoms with Gasteiger partial charge in [-0.25, -0.2) is 17.5 Å². The Balaban J connectivity index is 2.29. The van der Waals surface area contributed by atoms with Crippen molar-refractivity contribution in [3.05, 3.63) is 53.3 Å². The van der Waals surface area contributed by atoms with Crippen molar-refractivity contribution in [2.45, 2.75) is 18.4 Å². The number of ether oxygens (including phenoxy) is 2. The second-order valence-corrected chi connectivity index (χ2v) is 6.61. The minimum absolute atomic E-state index is 0.0282. The van der Waals surface area contributed by atoms with E-state index in [4.69, 9.17) is 9.47 Å². The van der Waals surface area contributed by atoms with Gasteiger partial charge in [-0.05, 0) is 36.8 Å². The number of hydrogen-bond donors (Lipinski definition) is 1. The highest BCUT2D eigenvalue weighted by Gasteiger charge is 2.22. The number of hydrogen-bond acceptors (Lipinski definition) is 4. The maximum absolute atomic E-state index is 12.9. The molecule has 0 atom stereocenters. The molecular weight excluding hydrogens is 321 g/mol. The van der Waals surface area contributed by atoms with E-state index in [1.165, 1.54) is 44.6 Å². The van der Waals surface area contributed by atoms with Gasteiger partial charge >= 0.3 is 0 Å². The van der Waals surface area contributed by atoms with Crippen LogP contribution in [0.4, 0.5) is 4.39 Å². The van der Waals surface area contributed by atoms with Crippen molar-refractivity contribution < 1.29 is 22.3 Å². The molecule has 7 heteroatoms. The van der Waals surface area contributed by atoms with Gasteiger partial charge in [0.2, 0.25) is 10.0 Å². The second-order valence-electron chi connectivity index (χ2n) is 4.88. The molecule has 0 aliphatic heterocycles. The fraction of sp³-hybridized carbons (Fsp3) is 0.250. The van der Waals surface area contributed by atoms with Crippen LogP contribution in [0, 0.1) is 12.7 Å². The first-order chi connectivity index (χ1) is 10.9. The van der Waals surface area contributed by atoms with Crippen LogP contribution in [0.2, 0.25) is 0 Å². The summed E-state index contributed by atoms with van der Waals surface area (Å²) in [5.74, 6) is 0.402. The fourth-order valence-electron chi connectivity index (χ4n) is 2.19. The molecule has 0 fully saturated rings. The third-order valence-corrected chi connectivity index (χ3v) is 4.84. The summed E-state index contributed by atoms with van der Waals surface area (Å²) in [5.41, 5.74) is 1.25. The van der Waals surface area contributed by atoms with Crippen molar-refractivity contribution >= 4 is 10.0 Å². The molecule has 0 radical (unpaired) electrons. The molecular formula is C16H18FNO4S. The zero-order chi connectivity index (χ0) is 17.0. The number of sulfonamides is 1. The Morgan fingerprint density at radius 1 is 1.04 bits per heavy atom. The maximum atomic E-state index is 12.9. The number of methoxy groups -OCH3 is 2. The highest BCUT2D eigenvalue weighted by Crippen LogP contribution is 2.33. The van der Waals surface area contributed by atoms with E-state index in [-0.39, 0.29) is 23.0 Å². The Bertz CT molecular complexity index is 788. The molecule has 0 spiro atoms. The first-order valence-corrected chi connectivity index (χ1v) is 8.33. The average molecular weight is 339 g/mol. The lowest BCUT2D eigenvalue weighted by molar-refractivity contribution is 0.380. The summed E-state index contributed by atoms with van der Waals surface area (Å²) in [5, 5.41) is 0. The maximum Gasteiger partial charge on any atom is 0.244 e. The lowest BCUT2D eigenvalue weighted by Gasteiger charge is -2.15. The van der Waals surface area contributed by atoms with Crippen LogP contribution in [-0.4, -0.2) is 22.6 Å². The molecule has 2 aromatic carbocycles. The van der Waals surface area contributed by atoms with Crippen molar-refractivity contribution in [1.29, 1.82) is 0 Å². The Labute approximate surface area is 135 Å². The Morgan fingerprint density at radius 3 is 2.26 bits per heavy atom. The van der Waals surface area contributed by atoms with Gasteiger partial charge in [0, 0.05) is 12.1 Å². The van der Waals surface area contributed by atoms with Crippen LogP contribution in [-0.2, 0) is 16.6 Å². The van der Waals surface area contributed by atoms with Gasteiger partial charge in [-0.3, -0.25) is 0 Å². The van der Waals surface area contributed by atoms with E-state index in [2.05, 4.69) is 4.72 Å². The molecule has 0 bridgehead atoms. The summed E-state index contributed by atoms with van der Waals surface area (Å²) in [6, 6.07) is 8.61. The van der Waals surface area contributed by atoms with Crippen LogP contribution in [0.15, 0.2) is 41.3 Å². The third kappa shape index (κ3) is 3.80. The van der Waals surface area contributed by atoms with E-state index >= 15 is 0 Å². The monoisotopic (exact) mass is 339 g/mol. The predicted molar refractivity (Wildman–Crippen MR) is 84.7 cm³/mol. The van der Waals surface area contributed by atoms with Crippen LogP contribution >= 0.6 is 0 Å². The molecule has 0 heterocycles. The van der Waals surface area contributed by atoms with E-state index in [0.717, 1.165) is 0 Å². The summed E-state index contributed by atoms with van der Waals surface area (Å²) >= 11 is 0. The molecule has 0 aromatic heterocycles. The summed E-state index contributed by atoms with van der Waals surface area (Å²) in [6.45, 7) is 1.77. The van der Waals surface area contributed by atoms with Gasteiger partial charge in [0.1, 0.15) is 22.2 Å². The highest BCUT2D eigenvalue weighted by molar-refractivity contribution is 7.89. The normalized spacial score (nSPS) is 11.3. The smallest absolute Gasteiger partial charge is 0.244 e. The first kappa shape index (κ1) is 17.2. The highest BCUT2D eigenvalue weighted by atomic mass is 32.2. The number of nitrogens with one attached hydrogen (secondary N) is 1. The molecule has 5 nitrogen and oxygen atoms in total. The SMILES string of the molecule is COc1ccc(S(=O)(=O)NCc2ccc(F)cc2)c(OC)c1C. The van der Waals surface area contributed by atoms with Crippen molar-refractivity contribution in [2.75, 3.05) is 14.2 Å². The van der Waals surface area contributed by atoms with Crippen molar-refractivity contribution in [3.8, 4) is 11.5 Å². The average Bonchev–Trinajstić information content (AvgIpc) is 2.54. The van der Waals surface area contributed by atoms with E-state index in [1.54, 1.807) is 13.0 Å². The van der Waals surface area contributed by atoms with Crippen LogP contribution in [0.1, 0.15) is 11.1 Å². The molecule has 0 saturated heterocycles. The van der Waals surface area contributed by atoms with Gasteiger partial charge < -0.3 is 9.47 Å². The summed E-state index contributed by atoms with van der Waals surface area (Å²) < 4.78 is 50.7. The van der Waals surface area contributed by atoms with Crippen LogP contribution in [0.5, 0.6) is 11.5 Å². The minimum atomic E-state index is -3.78. The fourth-order valence-corrected chi connectivity index (χ4v) is 3.43. The molecule has 0 amide bonds. The lowest BCUT2D eigenvalue weighted by Crippen LogP contribution is -2.24. The first-order valence-electron chi connectivity index (χ1n) is 6.84. The molecule has 0 unspecified atom stereocenters. The predicted octanol–water partition coefficient (Wildman–Crippen LogP) is 2.63. The largest absolute Gasteiger partial charge is 0.496 e. The van der Waals surface area contributed by atoms with Gasteiger partial charge in [0.15, 0.2) is 0 Å². The Morgan fingerprint density at radius 2 is 1.70 bits per heavy atom. The lowest BCUT2D eigenvalue weighted by atomic mass is 10.2. The number of rotatable bonds is 6. The molecule has 0 saturated carbocycles. The zero-order valence-electron chi connectivity index (χ0n) is 13.1. The van der Waals surface area contributed by atoms with Crippen LogP contribution < -0.4 is 14.2 Å². The van der Waals surface area contributed by atoms with E-state index in [0.29, 0.717) is 16.9 Å². The quantitative estimate of drug-likeness (QED) is 0.879. The van der Waals surface area contributed by atoms with Gasteiger partial charge in [0.25, 0.3) is 0 Å². The summed E-state index contributed by atoms with van der Waals surface area (Å²) in [4.78, 5) is 0.0282. The molecule has 124 valence electrons.